The summed E-state index contributed by atoms with van der Waals surface area (Å²) < 4.78 is 10.5. The highest BCUT2D eigenvalue weighted by Crippen LogP contribution is 2.21. The summed E-state index contributed by atoms with van der Waals surface area (Å²) in [5, 5.41) is 14.0. The van der Waals surface area contributed by atoms with E-state index >= 15 is 0 Å². The van der Waals surface area contributed by atoms with E-state index in [9.17, 15) is 5.11 Å². The first-order valence-electron chi connectivity index (χ1n) is 7.61. The summed E-state index contributed by atoms with van der Waals surface area (Å²) in [5.41, 5.74) is 0. The maximum atomic E-state index is 10.1. The molecule has 1 saturated heterocycles. The summed E-state index contributed by atoms with van der Waals surface area (Å²) in [6, 6.07) is 3.73. The Kier molecular flexibility index (Phi) is 4.56. The number of β-amino-alcohol motifs (C(OH)–C–C–N with tert-alkyl or cyclic N) is 1. The van der Waals surface area contributed by atoms with E-state index in [-0.39, 0.29) is 6.04 Å². The molecule has 0 spiro atoms. The van der Waals surface area contributed by atoms with Gasteiger partial charge in [-0.15, -0.1) is 0 Å². The van der Waals surface area contributed by atoms with E-state index in [1.54, 1.807) is 18.4 Å². The van der Waals surface area contributed by atoms with Gasteiger partial charge in [-0.3, -0.25) is 9.80 Å². The molecule has 7 nitrogen and oxygen atoms in total. The third-order valence-electron chi connectivity index (χ3n) is 4.16. The van der Waals surface area contributed by atoms with Gasteiger partial charge in [0.1, 0.15) is 11.9 Å². The maximum Gasteiger partial charge on any atom is 0.243 e. The van der Waals surface area contributed by atoms with E-state index in [1.165, 1.54) is 0 Å². The van der Waals surface area contributed by atoms with Crippen LogP contribution in [0, 0.1) is 6.92 Å². The molecule has 2 unspecified atom stereocenters. The van der Waals surface area contributed by atoms with Gasteiger partial charge in [0.05, 0.1) is 12.3 Å². The van der Waals surface area contributed by atoms with Crippen molar-refractivity contribution in [1.82, 2.24) is 19.9 Å². The Hall–Kier alpha value is -1.70. The number of furan rings is 1. The lowest BCUT2D eigenvalue weighted by atomic mass is 10.2. The molecule has 1 aliphatic rings. The Bertz CT molecular complexity index is 575. The van der Waals surface area contributed by atoms with Crippen molar-refractivity contribution in [3.05, 3.63) is 35.9 Å². The molecule has 0 aliphatic carbocycles. The normalized spacial score (nSPS) is 20.1. The van der Waals surface area contributed by atoms with E-state index < -0.39 is 6.10 Å². The highest BCUT2D eigenvalue weighted by atomic mass is 16.5. The second-order valence-electron chi connectivity index (χ2n) is 5.72. The van der Waals surface area contributed by atoms with Crippen molar-refractivity contribution in [2.24, 2.45) is 0 Å². The molecule has 2 atom stereocenters. The summed E-state index contributed by atoms with van der Waals surface area (Å²) in [5.74, 6) is 1.96. The fraction of sp³-hybridized carbons (Fsp3) is 0.600. The molecule has 0 radical (unpaired) electrons. The summed E-state index contributed by atoms with van der Waals surface area (Å²) in [4.78, 5) is 8.87. The molecule has 120 valence electrons. The number of piperazine rings is 1. The van der Waals surface area contributed by atoms with Crippen LogP contribution in [0.25, 0.3) is 0 Å². The zero-order valence-corrected chi connectivity index (χ0v) is 13.0. The van der Waals surface area contributed by atoms with Crippen LogP contribution in [-0.2, 0) is 0 Å². The third kappa shape index (κ3) is 3.37. The number of hydrogen-bond donors (Lipinski definition) is 1. The number of nitrogens with zero attached hydrogens (tertiary/aromatic N) is 4. The van der Waals surface area contributed by atoms with Crippen LogP contribution in [0.4, 0.5) is 0 Å². The first kappa shape index (κ1) is 15.2. The fourth-order valence-corrected chi connectivity index (χ4v) is 2.79. The number of aromatic nitrogens is 2. The highest BCUT2D eigenvalue weighted by Gasteiger charge is 2.26. The van der Waals surface area contributed by atoms with Crippen LogP contribution in [0.1, 0.15) is 36.5 Å². The number of aliphatic hydroxyl groups excluding tert-OH is 1. The highest BCUT2D eigenvalue weighted by molar-refractivity contribution is 5.02. The van der Waals surface area contributed by atoms with Crippen molar-refractivity contribution in [2.45, 2.75) is 26.0 Å². The molecule has 3 heterocycles. The zero-order valence-electron chi connectivity index (χ0n) is 13.0. The Balaban J connectivity index is 1.50. The van der Waals surface area contributed by atoms with E-state index in [0.717, 1.165) is 26.2 Å². The minimum absolute atomic E-state index is 0.123. The van der Waals surface area contributed by atoms with Crippen molar-refractivity contribution in [3.8, 4) is 0 Å². The molecule has 7 heteroatoms. The van der Waals surface area contributed by atoms with Crippen molar-refractivity contribution >= 4 is 0 Å². The minimum Gasteiger partial charge on any atom is -0.467 e. The van der Waals surface area contributed by atoms with Gasteiger partial charge in [0.25, 0.3) is 0 Å². The summed E-state index contributed by atoms with van der Waals surface area (Å²) >= 11 is 0. The van der Waals surface area contributed by atoms with Gasteiger partial charge in [-0.2, -0.15) is 4.98 Å². The molecule has 0 aromatic carbocycles. The van der Waals surface area contributed by atoms with Gasteiger partial charge in [0, 0.05) is 32.7 Å². The molecule has 22 heavy (non-hydrogen) atoms. The summed E-state index contributed by atoms with van der Waals surface area (Å²) in [6.07, 6.45) is 1.02. The van der Waals surface area contributed by atoms with Crippen LogP contribution in [0.2, 0.25) is 0 Å². The molecule has 1 aliphatic heterocycles. The van der Waals surface area contributed by atoms with E-state index in [0.29, 0.717) is 24.0 Å². The van der Waals surface area contributed by atoms with Crippen LogP contribution in [0.15, 0.2) is 27.3 Å². The Morgan fingerprint density at radius 3 is 2.68 bits per heavy atom. The molecule has 3 rings (SSSR count). The smallest absolute Gasteiger partial charge is 0.243 e. The lowest BCUT2D eigenvalue weighted by molar-refractivity contribution is 0.0452. The van der Waals surface area contributed by atoms with Gasteiger partial charge in [0.2, 0.25) is 5.89 Å². The van der Waals surface area contributed by atoms with Crippen molar-refractivity contribution in [2.75, 3.05) is 32.7 Å². The van der Waals surface area contributed by atoms with Gasteiger partial charge >= 0.3 is 0 Å². The van der Waals surface area contributed by atoms with E-state index in [2.05, 4.69) is 26.9 Å². The quantitative estimate of drug-likeness (QED) is 0.894. The maximum absolute atomic E-state index is 10.1. The first-order chi connectivity index (χ1) is 10.6. The second kappa shape index (κ2) is 6.60. The van der Waals surface area contributed by atoms with Crippen LogP contribution < -0.4 is 0 Å². The fourth-order valence-electron chi connectivity index (χ4n) is 2.79. The topological polar surface area (TPSA) is 78.8 Å². The van der Waals surface area contributed by atoms with Crippen molar-refractivity contribution in [1.29, 1.82) is 0 Å². The Morgan fingerprint density at radius 2 is 2.09 bits per heavy atom. The SMILES string of the molecule is Cc1noc(C(C)N2CCN(CC(O)c3ccco3)CC2)n1. The lowest BCUT2D eigenvalue weighted by Crippen LogP contribution is -2.48. The van der Waals surface area contributed by atoms with Crippen LogP contribution >= 0.6 is 0 Å². The average Bonchev–Trinajstić information content (AvgIpc) is 3.18. The van der Waals surface area contributed by atoms with Crippen LogP contribution in [-0.4, -0.2) is 57.8 Å². The van der Waals surface area contributed by atoms with Crippen LogP contribution in [0.3, 0.4) is 0 Å². The number of aryl methyl sites for hydroxylation is 1. The molecule has 1 fully saturated rings. The standard InChI is InChI=1S/C15H22N4O3/c1-11(15-16-12(2)17-22-15)19-7-5-18(6-8-19)10-13(20)14-4-3-9-21-14/h3-4,9,11,13,20H,5-8,10H2,1-2H3. The van der Waals surface area contributed by atoms with Gasteiger partial charge in [-0.25, -0.2) is 0 Å². The number of rotatable bonds is 5. The summed E-state index contributed by atoms with van der Waals surface area (Å²) in [7, 11) is 0. The molecular formula is C15H22N4O3. The Morgan fingerprint density at radius 1 is 1.32 bits per heavy atom. The van der Waals surface area contributed by atoms with Gasteiger partial charge in [-0.1, -0.05) is 5.16 Å². The van der Waals surface area contributed by atoms with Crippen molar-refractivity contribution < 1.29 is 14.0 Å². The molecule has 0 amide bonds. The largest absolute Gasteiger partial charge is 0.467 e. The van der Waals surface area contributed by atoms with E-state index in [4.69, 9.17) is 8.94 Å². The molecule has 0 bridgehead atoms. The van der Waals surface area contributed by atoms with Gasteiger partial charge in [-0.05, 0) is 26.0 Å². The monoisotopic (exact) mass is 306 g/mol. The average molecular weight is 306 g/mol. The minimum atomic E-state index is -0.572. The third-order valence-corrected chi connectivity index (χ3v) is 4.16. The van der Waals surface area contributed by atoms with Gasteiger partial charge < -0.3 is 14.0 Å². The molecule has 1 N–H and O–H groups in total. The van der Waals surface area contributed by atoms with Crippen molar-refractivity contribution in [3.63, 3.8) is 0 Å². The molecule has 2 aromatic heterocycles. The lowest BCUT2D eigenvalue weighted by Gasteiger charge is -2.37. The summed E-state index contributed by atoms with van der Waals surface area (Å²) in [6.45, 7) is 8.12. The predicted molar refractivity (Wildman–Crippen MR) is 79.1 cm³/mol. The second-order valence-corrected chi connectivity index (χ2v) is 5.72. The first-order valence-corrected chi connectivity index (χ1v) is 7.61. The predicted octanol–water partition coefficient (Wildman–Crippen LogP) is 1.38. The number of aliphatic hydroxyl groups is 1. The molecule has 2 aromatic rings. The van der Waals surface area contributed by atoms with E-state index in [1.807, 2.05) is 6.92 Å². The zero-order chi connectivity index (χ0) is 15.5. The molecule has 0 saturated carbocycles. The van der Waals surface area contributed by atoms with Crippen LogP contribution in [0.5, 0.6) is 0 Å². The Labute approximate surface area is 129 Å². The van der Waals surface area contributed by atoms with Gasteiger partial charge in [0.15, 0.2) is 5.82 Å². The molecular weight excluding hydrogens is 284 g/mol. The number of hydrogen-bond acceptors (Lipinski definition) is 7.